The second-order valence-corrected chi connectivity index (χ2v) is 6.26. The fourth-order valence-corrected chi connectivity index (χ4v) is 3.07. The van der Waals surface area contributed by atoms with Crippen LogP contribution in [0.15, 0.2) is 30.5 Å². The first-order valence-electron chi connectivity index (χ1n) is 8.34. The summed E-state index contributed by atoms with van der Waals surface area (Å²) in [4.78, 5) is 16.6. The minimum absolute atomic E-state index is 0.212. The number of carbonyl (C=O) groups excluding carboxylic acids is 1. The lowest BCUT2D eigenvalue weighted by Crippen LogP contribution is -2.48. The number of carbonyl (C=O) groups is 1. The zero-order valence-corrected chi connectivity index (χ0v) is 14.3. The quantitative estimate of drug-likeness (QED) is 0.928. The second-order valence-electron chi connectivity index (χ2n) is 6.26. The number of aromatic hydroxyl groups is 1. The Kier molecular flexibility index (Phi) is 4.74. The summed E-state index contributed by atoms with van der Waals surface area (Å²) < 4.78 is 1.84. The van der Waals surface area contributed by atoms with E-state index in [2.05, 4.69) is 10.00 Å². The monoisotopic (exact) mass is 328 g/mol. The largest absolute Gasteiger partial charge is 0.508 e. The number of anilines is 1. The lowest BCUT2D eigenvalue weighted by atomic mass is 10.1. The fourth-order valence-electron chi connectivity index (χ4n) is 3.07. The van der Waals surface area contributed by atoms with Gasteiger partial charge in [-0.25, -0.2) is 0 Å². The fraction of sp³-hybridized carbons (Fsp3) is 0.444. The van der Waals surface area contributed by atoms with Crippen LogP contribution >= 0.6 is 0 Å². The summed E-state index contributed by atoms with van der Waals surface area (Å²) in [6.07, 6.45) is 3.13. The summed E-state index contributed by atoms with van der Waals surface area (Å²) in [5.41, 5.74) is 3.36. The Labute approximate surface area is 142 Å². The van der Waals surface area contributed by atoms with Gasteiger partial charge in [-0.15, -0.1) is 0 Å². The topological polar surface area (TPSA) is 61.6 Å². The highest BCUT2D eigenvalue weighted by molar-refractivity contribution is 5.76. The third-order valence-electron chi connectivity index (χ3n) is 4.79. The molecule has 6 heteroatoms. The molecule has 128 valence electrons. The highest BCUT2D eigenvalue weighted by Gasteiger charge is 2.21. The van der Waals surface area contributed by atoms with E-state index in [4.69, 9.17) is 0 Å². The molecule has 0 saturated carbocycles. The van der Waals surface area contributed by atoms with Crippen LogP contribution in [-0.2, 0) is 18.3 Å². The van der Waals surface area contributed by atoms with E-state index < -0.39 is 0 Å². The molecule has 6 nitrogen and oxygen atoms in total. The van der Waals surface area contributed by atoms with Crippen LogP contribution in [0, 0.1) is 6.92 Å². The number of hydrogen-bond acceptors (Lipinski definition) is 4. The highest BCUT2D eigenvalue weighted by Crippen LogP contribution is 2.20. The molecular formula is C18H24N4O2. The van der Waals surface area contributed by atoms with Crippen molar-refractivity contribution in [1.29, 1.82) is 0 Å². The molecule has 3 rings (SSSR count). The van der Waals surface area contributed by atoms with E-state index in [0.29, 0.717) is 6.42 Å². The first kappa shape index (κ1) is 16.4. The summed E-state index contributed by atoms with van der Waals surface area (Å²) in [5, 5.41) is 13.6. The average Bonchev–Trinajstić information content (AvgIpc) is 2.92. The zero-order valence-electron chi connectivity index (χ0n) is 14.3. The minimum Gasteiger partial charge on any atom is -0.508 e. The van der Waals surface area contributed by atoms with Gasteiger partial charge in [0.1, 0.15) is 5.75 Å². The van der Waals surface area contributed by atoms with Crippen LogP contribution in [-0.4, -0.2) is 51.9 Å². The maximum absolute atomic E-state index is 12.4. The van der Waals surface area contributed by atoms with Crippen molar-refractivity contribution in [2.45, 2.75) is 19.8 Å². The summed E-state index contributed by atoms with van der Waals surface area (Å²) in [7, 11) is 1.92. The molecular weight excluding hydrogens is 304 g/mol. The predicted octanol–water partition coefficient (Wildman–Crippen LogP) is 1.72. The molecule has 0 spiro atoms. The number of aryl methyl sites for hydroxylation is 2. The number of phenols is 1. The third-order valence-corrected chi connectivity index (χ3v) is 4.79. The number of hydrogen-bond donors (Lipinski definition) is 1. The van der Waals surface area contributed by atoms with Crippen LogP contribution < -0.4 is 4.90 Å². The van der Waals surface area contributed by atoms with Gasteiger partial charge < -0.3 is 14.9 Å². The third kappa shape index (κ3) is 3.53. The van der Waals surface area contributed by atoms with Gasteiger partial charge in [0.25, 0.3) is 0 Å². The maximum Gasteiger partial charge on any atom is 0.223 e. The molecule has 0 radical (unpaired) electrons. The molecule has 1 aromatic carbocycles. The van der Waals surface area contributed by atoms with Gasteiger partial charge in [0.2, 0.25) is 5.91 Å². The van der Waals surface area contributed by atoms with E-state index in [-0.39, 0.29) is 11.7 Å². The van der Waals surface area contributed by atoms with E-state index in [1.54, 1.807) is 12.1 Å². The number of benzene rings is 1. The lowest BCUT2D eigenvalue weighted by Gasteiger charge is -2.36. The first-order chi connectivity index (χ1) is 11.5. The van der Waals surface area contributed by atoms with Gasteiger partial charge in [0.15, 0.2) is 0 Å². The number of phenolic OH excluding ortho intramolecular Hbond substituents is 1. The molecule has 1 aliphatic rings. The van der Waals surface area contributed by atoms with E-state index >= 15 is 0 Å². The van der Waals surface area contributed by atoms with Crippen LogP contribution in [0.25, 0.3) is 0 Å². The molecule has 1 aromatic heterocycles. The van der Waals surface area contributed by atoms with Gasteiger partial charge in [-0.3, -0.25) is 9.48 Å². The average molecular weight is 328 g/mol. The smallest absolute Gasteiger partial charge is 0.223 e. The first-order valence-corrected chi connectivity index (χ1v) is 8.34. The van der Waals surface area contributed by atoms with Crippen molar-refractivity contribution >= 4 is 11.6 Å². The van der Waals surface area contributed by atoms with Crippen molar-refractivity contribution in [2.75, 3.05) is 31.1 Å². The Balaban J connectivity index is 1.50. The summed E-state index contributed by atoms with van der Waals surface area (Å²) in [6, 6.07) is 7.22. The number of amides is 1. The van der Waals surface area contributed by atoms with Gasteiger partial charge >= 0.3 is 0 Å². The molecule has 24 heavy (non-hydrogen) atoms. The van der Waals surface area contributed by atoms with Crippen LogP contribution in [0.2, 0.25) is 0 Å². The molecule has 0 bridgehead atoms. The number of rotatable bonds is 4. The molecule has 1 amide bonds. The van der Waals surface area contributed by atoms with Crippen LogP contribution in [0.4, 0.5) is 5.69 Å². The van der Waals surface area contributed by atoms with E-state index in [1.165, 1.54) is 0 Å². The van der Waals surface area contributed by atoms with Gasteiger partial charge in [-0.2, -0.15) is 5.10 Å². The van der Waals surface area contributed by atoms with Gasteiger partial charge in [0, 0.05) is 51.0 Å². The minimum atomic E-state index is 0.212. The van der Waals surface area contributed by atoms with E-state index in [0.717, 1.165) is 49.5 Å². The van der Waals surface area contributed by atoms with E-state index in [1.807, 2.05) is 41.9 Å². The molecule has 2 heterocycles. The molecule has 1 fully saturated rings. The molecule has 0 unspecified atom stereocenters. The van der Waals surface area contributed by atoms with Crippen molar-refractivity contribution in [3.05, 3.63) is 41.7 Å². The highest BCUT2D eigenvalue weighted by atomic mass is 16.3. The molecule has 1 aliphatic heterocycles. The number of aromatic nitrogens is 2. The van der Waals surface area contributed by atoms with Crippen molar-refractivity contribution in [3.8, 4) is 5.75 Å². The summed E-state index contributed by atoms with van der Waals surface area (Å²) >= 11 is 0. The maximum atomic E-state index is 12.4. The Hall–Kier alpha value is -2.50. The van der Waals surface area contributed by atoms with Gasteiger partial charge in [0.05, 0.1) is 6.20 Å². The zero-order chi connectivity index (χ0) is 17.1. The normalized spacial score (nSPS) is 14.9. The Bertz CT molecular complexity index is 700. The SMILES string of the molecule is Cc1c(CCC(=O)N2CCN(c3ccc(O)cc3)CC2)cnn1C. The standard InChI is InChI=1S/C18H24N4O2/c1-14-15(13-19-20(14)2)3-8-18(24)22-11-9-21(10-12-22)16-4-6-17(23)7-5-16/h4-7,13,23H,3,8-12H2,1-2H3. The van der Waals surface area contributed by atoms with Crippen molar-refractivity contribution < 1.29 is 9.90 Å². The van der Waals surface area contributed by atoms with Gasteiger partial charge in [-0.1, -0.05) is 0 Å². The lowest BCUT2D eigenvalue weighted by molar-refractivity contribution is -0.131. The number of piperazine rings is 1. The Morgan fingerprint density at radius 1 is 1.17 bits per heavy atom. The van der Waals surface area contributed by atoms with Crippen LogP contribution in [0.3, 0.4) is 0 Å². The molecule has 1 N–H and O–H groups in total. The van der Waals surface area contributed by atoms with Crippen molar-refractivity contribution in [2.24, 2.45) is 7.05 Å². The number of nitrogens with zero attached hydrogens (tertiary/aromatic N) is 4. The van der Waals surface area contributed by atoms with Crippen molar-refractivity contribution in [3.63, 3.8) is 0 Å². The second kappa shape index (κ2) is 6.95. The molecule has 1 saturated heterocycles. The Morgan fingerprint density at radius 3 is 2.42 bits per heavy atom. The molecule has 2 aromatic rings. The summed E-state index contributed by atoms with van der Waals surface area (Å²) in [6.45, 7) is 5.16. The van der Waals surface area contributed by atoms with Gasteiger partial charge in [-0.05, 0) is 43.2 Å². The molecule has 0 atom stereocenters. The van der Waals surface area contributed by atoms with E-state index in [9.17, 15) is 9.90 Å². The molecule has 0 aliphatic carbocycles. The Morgan fingerprint density at radius 2 is 1.83 bits per heavy atom. The summed E-state index contributed by atoms with van der Waals surface area (Å²) in [5.74, 6) is 0.488. The van der Waals surface area contributed by atoms with Crippen LogP contribution in [0.1, 0.15) is 17.7 Å². The predicted molar refractivity (Wildman–Crippen MR) is 93.2 cm³/mol. The van der Waals surface area contributed by atoms with Crippen LogP contribution in [0.5, 0.6) is 5.75 Å². The van der Waals surface area contributed by atoms with Crippen molar-refractivity contribution in [1.82, 2.24) is 14.7 Å².